The normalized spacial score (nSPS) is 22.7. The van der Waals surface area contributed by atoms with Gasteiger partial charge in [-0.05, 0) is 68.8 Å². The first-order valence-corrected chi connectivity index (χ1v) is 10.7. The van der Waals surface area contributed by atoms with E-state index >= 15 is 0 Å². The number of carbonyl (C=O) groups is 1. The van der Waals surface area contributed by atoms with E-state index in [1.165, 1.54) is 0 Å². The minimum Gasteiger partial charge on any atom is -0.497 e. The first-order chi connectivity index (χ1) is 14.8. The van der Waals surface area contributed by atoms with Crippen molar-refractivity contribution in [1.82, 2.24) is 4.90 Å². The van der Waals surface area contributed by atoms with E-state index < -0.39 is 5.60 Å². The van der Waals surface area contributed by atoms with Crippen molar-refractivity contribution in [3.63, 3.8) is 0 Å². The Morgan fingerprint density at radius 1 is 1.09 bits per heavy atom. The molecule has 3 rings (SSSR count). The van der Waals surface area contributed by atoms with Gasteiger partial charge in [0.1, 0.15) is 17.6 Å². The van der Waals surface area contributed by atoms with E-state index in [0.29, 0.717) is 25.8 Å². The molecule has 1 N–H and O–H groups in total. The number of carbonyl (C=O) groups excluding carboxylic acids is 1. The Labute approximate surface area is 196 Å². The molecule has 0 bridgehead atoms. The molecule has 3 unspecified atom stereocenters. The van der Waals surface area contributed by atoms with Crippen LogP contribution in [0.1, 0.15) is 30.4 Å². The largest absolute Gasteiger partial charge is 0.497 e. The molecule has 3 atom stereocenters. The molecule has 1 saturated carbocycles. The number of aliphatic hydroxyl groups is 1. The third-order valence-electron chi connectivity index (χ3n) is 6.03. The summed E-state index contributed by atoms with van der Waals surface area (Å²) in [6.07, 6.45) is 1.77. The number of nitrogens with zero attached hydrogens (tertiary/aromatic N) is 1. The molecule has 0 heterocycles. The van der Waals surface area contributed by atoms with Gasteiger partial charge >= 0.3 is 5.97 Å². The van der Waals surface area contributed by atoms with Crippen molar-refractivity contribution in [2.45, 2.75) is 37.4 Å². The molecule has 0 amide bonds. The monoisotopic (exact) mass is 463 g/mol. The van der Waals surface area contributed by atoms with Crippen LogP contribution in [-0.2, 0) is 21.6 Å². The lowest BCUT2D eigenvalue weighted by atomic mass is 9.70. The summed E-state index contributed by atoms with van der Waals surface area (Å²) >= 11 is 0. The van der Waals surface area contributed by atoms with Gasteiger partial charge in [-0.1, -0.05) is 24.3 Å². The molecule has 7 heteroatoms. The predicted molar refractivity (Wildman–Crippen MR) is 127 cm³/mol. The molecule has 2 aromatic rings. The number of ether oxygens (including phenoxy) is 3. The van der Waals surface area contributed by atoms with Gasteiger partial charge in [-0.15, -0.1) is 12.4 Å². The second-order valence-electron chi connectivity index (χ2n) is 8.53. The number of esters is 1. The average Bonchev–Trinajstić information content (AvgIpc) is 2.76. The topological polar surface area (TPSA) is 68.2 Å². The summed E-state index contributed by atoms with van der Waals surface area (Å²) in [7, 11) is 7.22. The second kappa shape index (κ2) is 11.5. The number of hydrogen-bond donors (Lipinski definition) is 1. The summed E-state index contributed by atoms with van der Waals surface area (Å²) in [5, 5.41) is 11.7. The number of rotatable bonds is 8. The van der Waals surface area contributed by atoms with Crippen LogP contribution >= 0.6 is 12.4 Å². The maximum atomic E-state index is 12.5. The van der Waals surface area contributed by atoms with E-state index in [-0.39, 0.29) is 36.8 Å². The lowest BCUT2D eigenvalue weighted by molar-refractivity contribution is -0.158. The summed E-state index contributed by atoms with van der Waals surface area (Å²) in [6.45, 7) is 0.695. The standard InChI is InChI=1S/C25H33NO5.ClH/c1-26(2)17-20-16-23(31-24(27)14-18-8-10-21(29-3)11-9-18)12-13-25(20,28)19-6-5-7-22(15-19)30-4;/h5-11,15,20,23,28H,12-14,16-17H2,1-4H3;1H. The first-order valence-electron chi connectivity index (χ1n) is 10.7. The Hall–Kier alpha value is -2.28. The average molecular weight is 464 g/mol. The predicted octanol–water partition coefficient (Wildman–Crippen LogP) is 3.83. The van der Waals surface area contributed by atoms with E-state index in [2.05, 4.69) is 4.90 Å². The zero-order chi connectivity index (χ0) is 22.4. The lowest BCUT2D eigenvalue weighted by Gasteiger charge is -2.44. The van der Waals surface area contributed by atoms with Gasteiger partial charge in [0.15, 0.2) is 0 Å². The molecule has 0 aliphatic heterocycles. The third kappa shape index (κ3) is 6.37. The van der Waals surface area contributed by atoms with Crippen LogP contribution in [0.3, 0.4) is 0 Å². The second-order valence-corrected chi connectivity index (χ2v) is 8.53. The molecule has 1 fully saturated rings. The maximum Gasteiger partial charge on any atom is 0.310 e. The van der Waals surface area contributed by atoms with Gasteiger partial charge in [0.2, 0.25) is 0 Å². The van der Waals surface area contributed by atoms with E-state index in [4.69, 9.17) is 14.2 Å². The number of benzene rings is 2. The molecule has 1 aliphatic rings. The zero-order valence-corrected chi connectivity index (χ0v) is 20.1. The van der Waals surface area contributed by atoms with Gasteiger partial charge in [0.25, 0.3) is 0 Å². The van der Waals surface area contributed by atoms with Crippen LogP contribution in [0.5, 0.6) is 11.5 Å². The molecule has 2 aromatic carbocycles. The number of methoxy groups -OCH3 is 2. The lowest BCUT2D eigenvalue weighted by Crippen LogP contribution is -2.47. The van der Waals surface area contributed by atoms with Crippen molar-refractivity contribution in [3.05, 3.63) is 59.7 Å². The molecule has 0 radical (unpaired) electrons. The third-order valence-corrected chi connectivity index (χ3v) is 6.03. The van der Waals surface area contributed by atoms with Crippen LogP contribution < -0.4 is 9.47 Å². The van der Waals surface area contributed by atoms with E-state index in [9.17, 15) is 9.90 Å². The highest BCUT2D eigenvalue weighted by Crippen LogP contribution is 2.43. The SMILES string of the molecule is COc1ccc(CC(=O)OC2CCC(O)(c3cccc(OC)c3)C(CN(C)C)C2)cc1.Cl. The number of halogens is 1. The minimum atomic E-state index is -0.988. The summed E-state index contributed by atoms with van der Waals surface area (Å²) in [4.78, 5) is 14.6. The van der Waals surface area contributed by atoms with E-state index in [1.807, 2.05) is 62.6 Å². The molecule has 32 heavy (non-hydrogen) atoms. The van der Waals surface area contributed by atoms with Crippen LogP contribution in [-0.4, -0.2) is 56.9 Å². The van der Waals surface area contributed by atoms with E-state index in [1.54, 1.807) is 14.2 Å². The molecule has 0 aromatic heterocycles. The summed E-state index contributed by atoms with van der Waals surface area (Å²) in [5.41, 5.74) is 0.749. The molecule has 1 aliphatic carbocycles. The van der Waals surface area contributed by atoms with Crippen LogP contribution in [0, 0.1) is 5.92 Å². The molecule has 176 valence electrons. The van der Waals surface area contributed by atoms with Crippen LogP contribution in [0.25, 0.3) is 0 Å². The van der Waals surface area contributed by atoms with Crippen molar-refractivity contribution in [2.24, 2.45) is 5.92 Å². The first kappa shape index (κ1) is 26.0. The Kier molecular flexibility index (Phi) is 9.37. The van der Waals surface area contributed by atoms with Crippen molar-refractivity contribution in [3.8, 4) is 11.5 Å². The Balaban J connectivity index is 0.00000363. The maximum absolute atomic E-state index is 12.5. The van der Waals surface area contributed by atoms with Crippen molar-refractivity contribution >= 4 is 18.4 Å². The Bertz CT molecular complexity index is 873. The zero-order valence-electron chi connectivity index (χ0n) is 19.2. The molecular formula is C25H34ClNO5. The van der Waals surface area contributed by atoms with Crippen LogP contribution in [0.4, 0.5) is 0 Å². The van der Waals surface area contributed by atoms with Gasteiger partial charge in [-0.2, -0.15) is 0 Å². The van der Waals surface area contributed by atoms with Crippen LogP contribution in [0.15, 0.2) is 48.5 Å². The smallest absolute Gasteiger partial charge is 0.310 e. The van der Waals surface area contributed by atoms with E-state index in [0.717, 1.165) is 22.6 Å². The minimum absolute atomic E-state index is 0. The molecule has 0 spiro atoms. The highest BCUT2D eigenvalue weighted by Gasteiger charge is 2.44. The van der Waals surface area contributed by atoms with Gasteiger partial charge < -0.3 is 24.2 Å². The van der Waals surface area contributed by atoms with Gasteiger partial charge in [0.05, 0.1) is 26.2 Å². The van der Waals surface area contributed by atoms with Gasteiger partial charge in [0, 0.05) is 12.5 Å². The fourth-order valence-corrected chi connectivity index (χ4v) is 4.40. The highest BCUT2D eigenvalue weighted by molar-refractivity contribution is 5.85. The Morgan fingerprint density at radius 2 is 1.78 bits per heavy atom. The summed E-state index contributed by atoms with van der Waals surface area (Å²) in [6, 6.07) is 15.0. The van der Waals surface area contributed by atoms with Crippen LogP contribution in [0.2, 0.25) is 0 Å². The molecule has 0 saturated heterocycles. The quantitative estimate of drug-likeness (QED) is 0.600. The van der Waals surface area contributed by atoms with Gasteiger partial charge in [-0.25, -0.2) is 0 Å². The Morgan fingerprint density at radius 3 is 2.41 bits per heavy atom. The molecule has 6 nitrogen and oxygen atoms in total. The fraction of sp³-hybridized carbons (Fsp3) is 0.480. The van der Waals surface area contributed by atoms with Gasteiger partial charge in [-0.3, -0.25) is 4.79 Å². The van der Waals surface area contributed by atoms with Crippen molar-refractivity contribution in [1.29, 1.82) is 0 Å². The summed E-state index contributed by atoms with van der Waals surface area (Å²) < 4.78 is 16.3. The van der Waals surface area contributed by atoms with Crippen molar-refractivity contribution < 1.29 is 24.1 Å². The number of hydrogen-bond acceptors (Lipinski definition) is 6. The fourth-order valence-electron chi connectivity index (χ4n) is 4.40. The highest BCUT2D eigenvalue weighted by atomic mass is 35.5. The summed E-state index contributed by atoms with van der Waals surface area (Å²) in [5.74, 6) is 1.17. The van der Waals surface area contributed by atoms with Crippen molar-refractivity contribution in [2.75, 3.05) is 34.9 Å². The molecular weight excluding hydrogens is 430 g/mol.